The lowest BCUT2D eigenvalue weighted by Crippen LogP contribution is -2.31. The minimum Gasteiger partial charge on any atom is -0.313 e. The van der Waals surface area contributed by atoms with E-state index in [1.807, 2.05) is 0 Å². The fraction of sp³-hybridized carbons (Fsp3) is 0.647. The number of hydrogen-bond acceptors (Lipinski definition) is 2. The molecule has 1 aliphatic carbocycles. The molecule has 0 radical (unpaired) electrons. The first-order valence-corrected chi connectivity index (χ1v) is 8.60. The van der Waals surface area contributed by atoms with E-state index in [4.69, 9.17) is 0 Å². The van der Waals surface area contributed by atoms with Crippen molar-refractivity contribution >= 4 is 11.8 Å². The molecule has 0 bridgehead atoms. The van der Waals surface area contributed by atoms with Gasteiger partial charge < -0.3 is 5.32 Å². The van der Waals surface area contributed by atoms with Crippen molar-refractivity contribution < 1.29 is 0 Å². The van der Waals surface area contributed by atoms with Gasteiger partial charge in [0.25, 0.3) is 0 Å². The Morgan fingerprint density at radius 2 is 1.79 bits per heavy atom. The van der Waals surface area contributed by atoms with Crippen LogP contribution in [0.2, 0.25) is 0 Å². The highest BCUT2D eigenvalue weighted by Gasteiger charge is 2.15. The van der Waals surface area contributed by atoms with Gasteiger partial charge in [-0.15, -0.1) is 0 Å². The van der Waals surface area contributed by atoms with Gasteiger partial charge in [-0.3, -0.25) is 0 Å². The quantitative estimate of drug-likeness (QED) is 0.824. The molecule has 1 unspecified atom stereocenters. The van der Waals surface area contributed by atoms with Crippen molar-refractivity contribution in [2.75, 3.05) is 6.54 Å². The monoisotopic (exact) mass is 277 g/mol. The van der Waals surface area contributed by atoms with Crippen LogP contribution in [0.3, 0.4) is 0 Å². The second-order valence-electron chi connectivity index (χ2n) is 6.01. The van der Waals surface area contributed by atoms with Crippen LogP contribution in [0, 0.1) is 13.8 Å². The van der Waals surface area contributed by atoms with E-state index >= 15 is 0 Å². The van der Waals surface area contributed by atoms with Crippen LogP contribution in [0.25, 0.3) is 0 Å². The maximum absolute atomic E-state index is 3.72. The van der Waals surface area contributed by atoms with Crippen LogP contribution in [-0.2, 0) is 5.75 Å². The van der Waals surface area contributed by atoms with Gasteiger partial charge in [0.05, 0.1) is 0 Å². The molecule has 2 rings (SSSR count). The molecule has 0 saturated heterocycles. The molecule has 1 saturated carbocycles. The van der Waals surface area contributed by atoms with Crippen molar-refractivity contribution in [2.45, 2.75) is 63.5 Å². The fourth-order valence-electron chi connectivity index (χ4n) is 2.91. The lowest BCUT2D eigenvalue weighted by molar-refractivity contribution is 0.527. The highest BCUT2D eigenvalue weighted by Crippen LogP contribution is 2.21. The Labute approximate surface area is 122 Å². The van der Waals surface area contributed by atoms with Gasteiger partial charge >= 0.3 is 0 Å². The van der Waals surface area contributed by atoms with Gasteiger partial charge in [0.15, 0.2) is 0 Å². The molecule has 19 heavy (non-hydrogen) atoms. The zero-order chi connectivity index (χ0) is 13.7. The summed E-state index contributed by atoms with van der Waals surface area (Å²) in [5.41, 5.74) is 4.23. The van der Waals surface area contributed by atoms with Gasteiger partial charge in [-0.05, 0) is 32.3 Å². The van der Waals surface area contributed by atoms with Gasteiger partial charge in [0, 0.05) is 23.6 Å². The van der Waals surface area contributed by atoms with E-state index in [-0.39, 0.29) is 0 Å². The lowest BCUT2D eigenvalue weighted by Gasteiger charge is -2.17. The molecule has 0 aliphatic heterocycles. The van der Waals surface area contributed by atoms with E-state index in [0.717, 1.165) is 18.3 Å². The molecule has 0 amide bonds. The highest BCUT2D eigenvalue weighted by atomic mass is 32.2. The van der Waals surface area contributed by atoms with Crippen LogP contribution in [0.4, 0.5) is 0 Å². The van der Waals surface area contributed by atoms with E-state index in [1.54, 1.807) is 0 Å². The molecule has 0 spiro atoms. The fourth-order valence-corrected chi connectivity index (χ4v) is 3.77. The summed E-state index contributed by atoms with van der Waals surface area (Å²) < 4.78 is 0. The summed E-state index contributed by atoms with van der Waals surface area (Å²) in [6.45, 7) is 7.87. The summed E-state index contributed by atoms with van der Waals surface area (Å²) >= 11 is 2.07. The van der Waals surface area contributed by atoms with Crippen LogP contribution >= 0.6 is 11.8 Å². The third-order valence-corrected chi connectivity index (χ3v) is 5.10. The van der Waals surface area contributed by atoms with Crippen molar-refractivity contribution in [3.05, 3.63) is 34.9 Å². The average molecular weight is 277 g/mol. The smallest absolute Gasteiger partial charge is 0.0187 e. The number of rotatable bonds is 6. The van der Waals surface area contributed by atoms with Crippen LogP contribution < -0.4 is 5.32 Å². The van der Waals surface area contributed by atoms with Crippen LogP contribution in [-0.4, -0.2) is 17.8 Å². The molecule has 1 aliphatic rings. The van der Waals surface area contributed by atoms with E-state index in [2.05, 4.69) is 56.0 Å². The lowest BCUT2D eigenvalue weighted by atomic mass is 10.1. The molecule has 1 nitrogen and oxygen atoms in total. The van der Waals surface area contributed by atoms with Crippen molar-refractivity contribution in [1.82, 2.24) is 5.32 Å². The Balaban J connectivity index is 1.71. The van der Waals surface area contributed by atoms with Gasteiger partial charge in [-0.1, -0.05) is 49.1 Å². The van der Waals surface area contributed by atoms with Crippen molar-refractivity contribution in [3.8, 4) is 0 Å². The largest absolute Gasteiger partial charge is 0.313 e. The first-order valence-electron chi connectivity index (χ1n) is 7.55. The zero-order valence-electron chi connectivity index (χ0n) is 12.5. The maximum Gasteiger partial charge on any atom is 0.0187 e. The van der Waals surface area contributed by atoms with Gasteiger partial charge in [0.2, 0.25) is 0 Å². The second-order valence-corrected chi connectivity index (χ2v) is 7.43. The average Bonchev–Trinajstić information content (AvgIpc) is 2.86. The summed E-state index contributed by atoms with van der Waals surface area (Å²) in [7, 11) is 0. The van der Waals surface area contributed by atoms with Gasteiger partial charge in [-0.25, -0.2) is 0 Å². The maximum atomic E-state index is 3.72. The van der Waals surface area contributed by atoms with Crippen molar-refractivity contribution in [1.29, 1.82) is 0 Å². The zero-order valence-corrected chi connectivity index (χ0v) is 13.4. The summed E-state index contributed by atoms with van der Waals surface area (Å²) in [6, 6.07) is 7.68. The summed E-state index contributed by atoms with van der Waals surface area (Å²) in [5, 5.41) is 4.42. The van der Waals surface area contributed by atoms with Crippen LogP contribution in [0.5, 0.6) is 0 Å². The SMILES string of the molecule is Cc1cc(C)cc(CSC(C)CNC2CCCC2)c1. The molecule has 1 N–H and O–H groups in total. The number of benzene rings is 1. The predicted octanol–water partition coefficient (Wildman–Crippen LogP) is 4.46. The Kier molecular flexibility index (Phi) is 5.77. The number of aryl methyl sites for hydroxylation is 2. The standard InChI is InChI=1S/C17H27NS/c1-13-8-14(2)10-16(9-13)12-19-15(3)11-18-17-6-4-5-7-17/h8-10,15,17-18H,4-7,11-12H2,1-3H3. The first kappa shape index (κ1) is 14.9. The second kappa shape index (κ2) is 7.35. The topological polar surface area (TPSA) is 12.0 Å². The molecular formula is C17H27NS. The van der Waals surface area contributed by atoms with Crippen molar-refractivity contribution in [3.63, 3.8) is 0 Å². The number of hydrogen-bond donors (Lipinski definition) is 1. The number of nitrogens with one attached hydrogen (secondary N) is 1. The molecule has 1 aromatic rings. The summed E-state index contributed by atoms with van der Waals surface area (Å²) in [6.07, 6.45) is 5.60. The highest BCUT2D eigenvalue weighted by molar-refractivity contribution is 7.99. The molecule has 1 atom stereocenters. The summed E-state index contributed by atoms with van der Waals surface area (Å²) in [5.74, 6) is 1.13. The van der Waals surface area contributed by atoms with Gasteiger partial charge in [-0.2, -0.15) is 11.8 Å². The molecule has 0 aromatic heterocycles. The Morgan fingerprint density at radius 1 is 1.16 bits per heavy atom. The third-order valence-electron chi connectivity index (χ3n) is 3.87. The third kappa shape index (κ3) is 5.19. The van der Waals surface area contributed by atoms with E-state index in [1.165, 1.54) is 42.4 Å². The predicted molar refractivity (Wildman–Crippen MR) is 86.9 cm³/mol. The molecule has 0 heterocycles. The number of thioether (sulfide) groups is 1. The van der Waals surface area contributed by atoms with Crippen LogP contribution in [0.1, 0.15) is 49.3 Å². The molecule has 106 valence electrons. The molecular weight excluding hydrogens is 250 g/mol. The molecule has 1 aromatic carbocycles. The minimum atomic E-state index is 0.696. The van der Waals surface area contributed by atoms with Crippen molar-refractivity contribution in [2.24, 2.45) is 0 Å². The summed E-state index contributed by atoms with van der Waals surface area (Å²) in [4.78, 5) is 0. The van der Waals surface area contributed by atoms with E-state index < -0.39 is 0 Å². The van der Waals surface area contributed by atoms with E-state index in [0.29, 0.717) is 5.25 Å². The molecule has 1 fully saturated rings. The minimum absolute atomic E-state index is 0.696. The Bertz CT molecular complexity index is 376. The van der Waals surface area contributed by atoms with E-state index in [9.17, 15) is 0 Å². The van der Waals surface area contributed by atoms with Gasteiger partial charge in [0.1, 0.15) is 0 Å². The first-order chi connectivity index (χ1) is 9.13. The van der Waals surface area contributed by atoms with Crippen LogP contribution in [0.15, 0.2) is 18.2 Å². The Morgan fingerprint density at radius 3 is 2.42 bits per heavy atom. The normalized spacial score (nSPS) is 17.8. The molecule has 2 heteroatoms. The Hall–Kier alpha value is -0.470.